The number of fused-ring (bicyclic) bond motifs is 1. The molecule has 9 nitrogen and oxygen atoms in total. The lowest BCUT2D eigenvalue weighted by Gasteiger charge is -2.20. The molecule has 1 N–H and O–H groups in total. The zero-order chi connectivity index (χ0) is 18.9. The molecule has 9 heteroatoms. The Morgan fingerprint density at radius 2 is 2.27 bits per heavy atom. The molecule has 1 aromatic carbocycles. The number of hydrogen-bond acceptors (Lipinski definition) is 7. The molecule has 2 aromatic rings. The van der Waals surface area contributed by atoms with E-state index in [1.54, 1.807) is 6.07 Å². The van der Waals surface area contributed by atoms with E-state index < -0.39 is 16.6 Å². The number of oxazole rings is 1. The van der Waals surface area contributed by atoms with Crippen LogP contribution < -0.4 is 10.2 Å². The number of carbonyl (C=O) groups is 1. The first-order valence-electron chi connectivity index (χ1n) is 8.48. The maximum absolute atomic E-state index is 11.7. The van der Waals surface area contributed by atoms with Crippen LogP contribution in [0.4, 0.5) is 16.5 Å². The number of aromatic nitrogens is 1. The number of nitrogens with zero attached hydrogens (tertiary/aromatic N) is 3. The standard InChI is InChI=1S/C17H22N4O5/c1-17(2,3)26-16(22)18-9-11-6-7-20(10-11)15-19-13-8-12(21(23)24)4-5-14(13)25-15/h4-5,8,11H,6-7,9-10H2,1-3H3,(H,18,22)/t11-/m0/s1. The monoisotopic (exact) mass is 362 g/mol. The van der Waals surface area contributed by atoms with E-state index in [0.717, 1.165) is 13.0 Å². The van der Waals surface area contributed by atoms with E-state index in [2.05, 4.69) is 10.3 Å². The van der Waals surface area contributed by atoms with Crippen molar-refractivity contribution in [2.75, 3.05) is 24.5 Å². The SMILES string of the molecule is CC(C)(C)OC(=O)NC[C@@H]1CCN(c2nc3cc([N+](=O)[O-])ccc3o2)C1. The Hall–Kier alpha value is -2.84. The van der Waals surface area contributed by atoms with Gasteiger partial charge in [0, 0.05) is 31.8 Å². The number of ether oxygens (including phenoxy) is 1. The quantitative estimate of drug-likeness (QED) is 0.657. The van der Waals surface area contributed by atoms with Gasteiger partial charge in [-0.2, -0.15) is 4.98 Å². The van der Waals surface area contributed by atoms with E-state index in [9.17, 15) is 14.9 Å². The number of carbonyl (C=O) groups excluding carboxylic acids is 1. The van der Waals surface area contributed by atoms with Gasteiger partial charge >= 0.3 is 6.09 Å². The molecule has 0 unspecified atom stereocenters. The summed E-state index contributed by atoms with van der Waals surface area (Å²) in [5.74, 6) is 0.256. The molecule has 1 amide bonds. The Labute approximate surface area is 150 Å². The van der Waals surface area contributed by atoms with Crippen LogP contribution in [0.1, 0.15) is 27.2 Å². The van der Waals surface area contributed by atoms with E-state index >= 15 is 0 Å². The molecular formula is C17H22N4O5. The summed E-state index contributed by atoms with van der Waals surface area (Å²) in [4.78, 5) is 28.5. The Morgan fingerprint density at radius 1 is 1.50 bits per heavy atom. The second-order valence-electron chi connectivity index (χ2n) is 7.39. The van der Waals surface area contributed by atoms with Crippen molar-refractivity contribution in [2.24, 2.45) is 5.92 Å². The topological polar surface area (TPSA) is 111 Å². The van der Waals surface area contributed by atoms with E-state index in [0.29, 0.717) is 30.2 Å². The van der Waals surface area contributed by atoms with E-state index in [1.807, 2.05) is 25.7 Å². The predicted octanol–water partition coefficient (Wildman–Crippen LogP) is 3.09. The minimum atomic E-state index is -0.521. The zero-order valence-electron chi connectivity index (χ0n) is 15.0. The molecule has 0 aliphatic carbocycles. The van der Waals surface area contributed by atoms with Crippen molar-refractivity contribution in [3.63, 3.8) is 0 Å². The van der Waals surface area contributed by atoms with Crippen molar-refractivity contribution in [3.8, 4) is 0 Å². The van der Waals surface area contributed by atoms with Gasteiger partial charge in [0.05, 0.1) is 4.92 Å². The molecule has 1 aliphatic rings. The summed E-state index contributed by atoms with van der Waals surface area (Å²) in [6.07, 6.45) is 0.458. The third-order valence-electron chi connectivity index (χ3n) is 4.06. The Bertz CT molecular complexity index is 826. The first kappa shape index (κ1) is 18.0. The van der Waals surface area contributed by atoms with Gasteiger partial charge in [0.1, 0.15) is 11.1 Å². The highest BCUT2D eigenvalue weighted by Gasteiger charge is 2.27. The summed E-state index contributed by atoms with van der Waals surface area (Å²) in [5, 5.41) is 13.6. The fourth-order valence-electron chi connectivity index (χ4n) is 2.87. The Morgan fingerprint density at radius 3 is 2.96 bits per heavy atom. The Kier molecular flexibility index (Phi) is 4.71. The number of rotatable bonds is 4. The third kappa shape index (κ3) is 4.22. The number of nitro benzene ring substituents is 1. The van der Waals surface area contributed by atoms with Crippen LogP contribution in [0.5, 0.6) is 0 Å². The van der Waals surface area contributed by atoms with Crippen LogP contribution >= 0.6 is 0 Å². The second-order valence-corrected chi connectivity index (χ2v) is 7.39. The van der Waals surface area contributed by atoms with Crippen molar-refractivity contribution >= 4 is 28.9 Å². The van der Waals surface area contributed by atoms with Gasteiger partial charge in [-0.25, -0.2) is 4.79 Å². The highest BCUT2D eigenvalue weighted by Crippen LogP contribution is 2.28. The van der Waals surface area contributed by atoms with Gasteiger partial charge in [0.15, 0.2) is 5.58 Å². The summed E-state index contributed by atoms with van der Waals surface area (Å²) in [6.45, 7) is 7.40. The van der Waals surface area contributed by atoms with Crippen molar-refractivity contribution < 1.29 is 18.9 Å². The number of anilines is 1. The van der Waals surface area contributed by atoms with Crippen LogP contribution in [0.2, 0.25) is 0 Å². The molecule has 0 bridgehead atoms. The molecule has 26 heavy (non-hydrogen) atoms. The lowest BCUT2D eigenvalue weighted by Crippen LogP contribution is -2.36. The molecule has 1 aliphatic heterocycles. The number of amides is 1. The van der Waals surface area contributed by atoms with Crippen LogP contribution in [0, 0.1) is 16.0 Å². The number of alkyl carbamates (subject to hydrolysis) is 1. The van der Waals surface area contributed by atoms with Gasteiger partial charge in [-0.15, -0.1) is 0 Å². The normalized spacial score (nSPS) is 17.5. The van der Waals surface area contributed by atoms with Gasteiger partial charge in [-0.3, -0.25) is 10.1 Å². The first-order chi connectivity index (χ1) is 12.2. The first-order valence-corrected chi connectivity index (χ1v) is 8.48. The maximum atomic E-state index is 11.7. The maximum Gasteiger partial charge on any atom is 0.407 e. The molecular weight excluding hydrogens is 340 g/mol. The van der Waals surface area contributed by atoms with Gasteiger partial charge in [-0.1, -0.05) is 0 Å². The molecule has 0 saturated carbocycles. The molecule has 1 saturated heterocycles. The minimum absolute atomic E-state index is 0.0155. The summed E-state index contributed by atoms with van der Waals surface area (Å²) < 4.78 is 10.9. The molecule has 3 rings (SSSR count). The number of nitrogens with one attached hydrogen (secondary N) is 1. The number of hydrogen-bond donors (Lipinski definition) is 1. The van der Waals surface area contributed by atoms with Crippen LogP contribution in [0.3, 0.4) is 0 Å². The average molecular weight is 362 g/mol. The highest BCUT2D eigenvalue weighted by atomic mass is 16.6. The predicted molar refractivity (Wildman–Crippen MR) is 95.2 cm³/mol. The van der Waals surface area contributed by atoms with Crippen LogP contribution in [-0.2, 0) is 4.74 Å². The van der Waals surface area contributed by atoms with Gasteiger partial charge in [0.2, 0.25) is 0 Å². The zero-order valence-corrected chi connectivity index (χ0v) is 15.0. The molecule has 140 valence electrons. The van der Waals surface area contributed by atoms with E-state index in [4.69, 9.17) is 9.15 Å². The average Bonchev–Trinajstić information content (AvgIpc) is 3.16. The fourth-order valence-corrected chi connectivity index (χ4v) is 2.87. The minimum Gasteiger partial charge on any atom is -0.444 e. The van der Waals surface area contributed by atoms with Crippen LogP contribution in [0.25, 0.3) is 11.1 Å². The second kappa shape index (κ2) is 6.81. The van der Waals surface area contributed by atoms with E-state index in [1.165, 1.54) is 12.1 Å². The van der Waals surface area contributed by atoms with Gasteiger partial charge in [-0.05, 0) is 39.2 Å². The highest BCUT2D eigenvalue weighted by molar-refractivity contribution is 5.77. The van der Waals surface area contributed by atoms with Crippen molar-refractivity contribution in [1.82, 2.24) is 10.3 Å². The fraction of sp³-hybridized carbons (Fsp3) is 0.529. The van der Waals surface area contributed by atoms with Crippen molar-refractivity contribution in [3.05, 3.63) is 28.3 Å². The summed E-state index contributed by atoms with van der Waals surface area (Å²) in [7, 11) is 0. The number of nitro groups is 1. The molecule has 2 heterocycles. The molecule has 0 radical (unpaired) electrons. The summed E-state index contributed by atoms with van der Waals surface area (Å²) in [5.41, 5.74) is 0.441. The van der Waals surface area contributed by atoms with Crippen molar-refractivity contribution in [1.29, 1.82) is 0 Å². The van der Waals surface area contributed by atoms with E-state index in [-0.39, 0.29) is 11.6 Å². The molecule has 1 atom stereocenters. The molecule has 1 aromatic heterocycles. The smallest absolute Gasteiger partial charge is 0.407 e. The van der Waals surface area contributed by atoms with Gasteiger partial charge in [0.25, 0.3) is 11.7 Å². The molecule has 1 fully saturated rings. The Balaban J connectivity index is 1.59. The van der Waals surface area contributed by atoms with Crippen LogP contribution in [0.15, 0.2) is 22.6 Å². The largest absolute Gasteiger partial charge is 0.444 e. The molecule has 0 spiro atoms. The number of benzene rings is 1. The van der Waals surface area contributed by atoms with Gasteiger partial charge < -0.3 is 19.4 Å². The lowest BCUT2D eigenvalue weighted by molar-refractivity contribution is -0.384. The summed E-state index contributed by atoms with van der Waals surface area (Å²) in [6, 6.07) is 4.80. The van der Waals surface area contributed by atoms with Crippen molar-refractivity contribution in [2.45, 2.75) is 32.8 Å². The lowest BCUT2D eigenvalue weighted by atomic mass is 10.1. The summed E-state index contributed by atoms with van der Waals surface area (Å²) >= 11 is 0. The third-order valence-corrected chi connectivity index (χ3v) is 4.06. The van der Waals surface area contributed by atoms with Crippen LogP contribution in [-0.4, -0.2) is 41.2 Å². The number of non-ortho nitro benzene ring substituents is 1.